The van der Waals surface area contributed by atoms with Crippen LogP contribution in [-0.2, 0) is 9.53 Å². The average Bonchev–Trinajstić information content (AvgIpc) is 2.53. The van der Waals surface area contributed by atoms with Crippen LogP contribution in [0, 0.1) is 5.92 Å². The summed E-state index contributed by atoms with van der Waals surface area (Å²) in [5.41, 5.74) is -1.27. The molecule has 0 radical (unpaired) electrons. The van der Waals surface area contributed by atoms with Crippen LogP contribution in [0.25, 0.3) is 0 Å². The zero-order chi connectivity index (χ0) is 15.0. The smallest absolute Gasteiger partial charge is 0.408 e. The van der Waals surface area contributed by atoms with E-state index in [9.17, 15) is 9.59 Å². The molecule has 114 valence electrons. The first kappa shape index (κ1) is 15.1. The van der Waals surface area contributed by atoms with Crippen molar-refractivity contribution in [2.24, 2.45) is 5.92 Å². The second-order valence-electron chi connectivity index (χ2n) is 7.09. The van der Waals surface area contributed by atoms with Gasteiger partial charge in [0.2, 0.25) is 0 Å². The van der Waals surface area contributed by atoms with E-state index in [0.29, 0.717) is 24.8 Å². The number of carbonyl (C=O) groups is 2. The zero-order valence-electron chi connectivity index (χ0n) is 12.4. The number of aliphatic carboxylic acids is 1. The molecule has 2 aliphatic rings. The van der Waals surface area contributed by atoms with E-state index in [1.807, 2.05) is 0 Å². The summed E-state index contributed by atoms with van der Waals surface area (Å²) in [7, 11) is 0. The number of rotatable bonds is 3. The van der Waals surface area contributed by atoms with Crippen LogP contribution in [0.2, 0.25) is 0 Å². The Morgan fingerprint density at radius 1 is 1.40 bits per heavy atom. The molecule has 6 heteroatoms. The van der Waals surface area contributed by atoms with Crippen molar-refractivity contribution in [1.29, 1.82) is 0 Å². The number of ether oxygens (including phenoxy) is 1. The maximum absolute atomic E-state index is 12.0. The number of carboxylic acid groups (broad SMARTS) is 1. The molecule has 0 aromatic rings. The third-order valence-electron chi connectivity index (χ3n) is 3.89. The molecular formula is C14H24N2O4. The first-order chi connectivity index (χ1) is 9.17. The van der Waals surface area contributed by atoms with Crippen molar-refractivity contribution in [2.45, 2.75) is 63.6 Å². The highest BCUT2D eigenvalue weighted by molar-refractivity contribution is 5.73. The van der Waals surface area contributed by atoms with Gasteiger partial charge in [0.1, 0.15) is 5.60 Å². The van der Waals surface area contributed by atoms with Gasteiger partial charge in [0, 0.05) is 6.04 Å². The lowest BCUT2D eigenvalue weighted by atomic mass is 9.74. The highest BCUT2D eigenvalue weighted by atomic mass is 16.6. The van der Waals surface area contributed by atoms with Crippen molar-refractivity contribution in [3.63, 3.8) is 0 Å². The van der Waals surface area contributed by atoms with Gasteiger partial charge in [0.05, 0.1) is 12.0 Å². The van der Waals surface area contributed by atoms with Crippen LogP contribution >= 0.6 is 0 Å². The molecule has 1 heterocycles. The summed E-state index contributed by atoms with van der Waals surface area (Å²) >= 11 is 0. The second-order valence-corrected chi connectivity index (χ2v) is 7.09. The molecule has 0 aromatic heterocycles. The number of nitrogens with one attached hydrogen (secondary N) is 2. The lowest BCUT2D eigenvalue weighted by Crippen LogP contribution is -2.55. The Morgan fingerprint density at radius 3 is 2.65 bits per heavy atom. The van der Waals surface area contributed by atoms with Crippen LogP contribution in [0.1, 0.15) is 46.5 Å². The number of hydrogen-bond donors (Lipinski definition) is 3. The molecule has 1 amide bonds. The van der Waals surface area contributed by atoms with Gasteiger partial charge < -0.3 is 20.5 Å². The van der Waals surface area contributed by atoms with E-state index in [2.05, 4.69) is 10.6 Å². The van der Waals surface area contributed by atoms with Gasteiger partial charge >= 0.3 is 12.1 Å². The average molecular weight is 284 g/mol. The van der Waals surface area contributed by atoms with Gasteiger partial charge in [-0.2, -0.15) is 0 Å². The minimum atomic E-state index is -0.887. The molecule has 3 atom stereocenters. The summed E-state index contributed by atoms with van der Waals surface area (Å²) in [4.78, 5) is 23.2. The number of alkyl carbamates (subject to hydrolysis) is 1. The van der Waals surface area contributed by atoms with Crippen LogP contribution in [0.5, 0.6) is 0 Å². The summed E-state index contributed by atoms with van der Waals surface area (Å²) < 4.78 is 5.27. The lowest BCUT2D eigenvalue weighted by molar-refractivity contribution is -0.139. The Bertz CT molecular complexity index is 390. The molecule has 6 nitrogen and oxygen atoms in total. The van der Waals surface area contributed by atoms with Gasteiger partial charge in [-0.15, -0.1) is 0 Å². The van der Waals surface area contributed by atoms with Gasteiger partial charge in [-0.05, 0) is 52.5 Å². The Morgan fingerprint density at radius 2 is 2.10 bits per heavy atom. The molecule has 0 aromatic carbocycles. The molecule has 2 bridgehead atoms. The van der Waals surface area contributed by atoms with Crippen molar-refractivity contribution in [2.75, 3.05) is 6.54 Å². The van der Waals surface area contributed by atoms with E-state index >= 15 is 0 Å². The van der Waals surface area contributed by atoms with Gasteiger partial charge in [-0.25, -0.2) is 4.79 Å². The quantitative estimate of drug-likeness (QED) is 0.731. The number of carboxylic acids is 1. The van der Waals surface area contributed by atoms with Gasteiger partial charge in [0.25, 0.3) is 0 Å². The summed E-state index contributed by atoms with van der Waals surface area (Å²) in [6.07, 6.45) is 1.83. The maximum Gasteiger partial charge on any atom is 0.408 e. The lowest BCUT2D eigenvalue weighted by Gasteiger charge is -2.40. The maximum atomic E-state index is 12.0. The Hall–Kier alpha value is -1.30. The standard InChI is InChI=1S/C14H24N2O4/c1-13(2,3)20-12(19)16-14(7-11(17)18)5-9-4-10(6-14)15-8-9/h9-10,15H,4-8H2,1-3H3,(H,16,19)(H,17,18). The van der Waals surface area contributed by atoms with Crippen molar-refractivity contribution < 1.29 is 19.4 Å². The van der Waals surface area contributed by atoms with E-state index in [1.54, 1.807) is 20.8 Å². The highest BCUT2D eigenvalue weighted by Gasteiger charge is 2.46. The molecule has 20 heavy (non-hydrogen) atoms. The SMILES string of the molecule is CC(C)(C)OC(=O)NC1(CC(=O)O)CC2CNC(C2)C1. The summed E-state index contributed by atoms with van der Waals surface area (Å²) in [5.74, 6) is -0.453. The molecule has 3 unspecified atom stereocenters. The minimum absolute atomic E-state index is 0.0546. The van der Waals surface area contributed by atoms with Crippen molar-refractivity contribution >= 4 is 12.1 Å². The molecule has 1 saturated heterocycles. The van der Waals surface area contributed by atoms with Gasteiger partial charge in [-0.1, -0.05) is 0 Å². The summed E-state index contributed by atoms with van der Waals surface area (Å²) in [5, 5.41) is 15.4. The Balaban J connectivity index is 2.08. The van der Waals surface area contributed by atoms with E-state index < -0.39 is 23.2 Å². The molecule has 2 fully saturated rings. The predicted molar refractivity (Wildman–Crippen MR) is 73.5 cm³/mol. The number of amides is 1. The molecule has 2 rings (SSSR count). The summed E-state index contributed by atoms with van der Waals surface area (Å²) in [6, 6.07) is 0.294. The minimum Gasteiger partial charge on any atom is -0.481 e. The van der Waals surface area contributed by atoms with Crippen LogP contribution in [0.3, 0.4) is 0 Å². The van der Waals surface area contributed by atoms with Crippen LogP contribution in [-0.4, -0.2) is 40.9 Å². The second kappa shape index (κ2) is 5.24. The topological polar surface area (TPSA) is 87.7 Å². The fraction of sp³-hybridized carbons (Fsp3) is 0.857. The van der Waals surface area contributed by atoms with Crippen LogP contribution in [0.4, 0.5) is 4.79 Å². The Kier molecular flexibility index (Phi) is 3.95. The number of carbonyl (C=O) groups excluding carboxylic acids is 1. The fourth-order valence-electron chi connectivity index (χ4n) is 3.42. The van der Waals surface area contributed by atoms with Gasteiger partial charge in [-0.3, -0.25) is 4.79 Å². The Labute approximate surface area is 119 Å². The van der Waals surface area contributed by atoms with Crippen molar-refractivity contribution in [1.82, 2.24) is 10.6 Å². The van der Waals surface area contributed by atoms with E-state index in [0.717, 1.165) is 13.0 Å². The molecular weight excluding hydrogens is 260 g/mol. The number of hydrogen-bond acceptors (Lipinski definition) is 4. The highest BCUT2D eigenvalue weighted by Crippen LogP contribution is 2.38. The normalized spacial score (nSPS) is 32.8. The van der Waals surface area contributed by atoms with Crippen molar-refractivity contribution in [3.05, 3.63) is 0 Å². The number of fused-ring (bicyclic) bond motifs is 2. The predicted octanol–water partition coefficient (Wildman–Crippen LogP) is 1.50. The third-order valence-corrected chi connectivity index (χ3v) is 3.89. The van der Waals surface area contributed by atoms with Crippen molar-refractivity contribution in [3.8, 4) is 0 Å². The first-order valence-corrected chi connectivity index (χ1v) is 7.14. The summed E-state index contributed by atoms with van der Waals surface area (Å²) in [6.45, 7) is 6.29. The van der Waals surface area contributed by atoms with Crippen LogP contribution < -0.4 is 10.6 Å². The zero-order valence-corrected chi connectivity index (χ0v) is 12.4. The largest absolute Gasteiger partial charge is 0.481 e. The molecule has 1 aliphatic carbocycles. The third kappa shape index (κ3) is 3.85. The molecule has 3 N–H and O–H groups in total. The van der Waals surface area contributed by atoms with Gasteiger partial charge in [0.15, 0.2) is 0 Å². The monoisotopic (exact) mass is 284 g/mol. The van der Waals surface area contributed by atoms with E-state index in [-0.39, 0.29) is 6.42 Å². The molecule has 1 saturated carbocycles. The first-order valence-electron chi connectivity index (χ1n) is 7.14. The molecule has 1 aliphatic heterocycles. The van der Waals surface area contributed by atoms with E-state index in [1.165, 1.54) is 0 Å². The fourth-order valence-corrected chi connectivity index (χ4v) is 3.42. The van der Waals surface area contributed by atoms with Crippen LogP contribution in [0.15, 0.2) is 0 Å². The van der Waals surface area contributed by atoms with E-state index in [4.69, 9.17) is 9.84 Å². The molecule has 0 spiro atoms.